The van der Waals surface area contributed by atoms with Crippen molar-refractivity contribution in [2.45, 2.75) is 32.2 Å². The van der Waals surface area contributed by atoms with Gasteiger partial charge >= 0.3 is 5.97 Å². The van der Waals surface area contributed by atoms with Gasteiger partial charge < -0.3 is 14.3 Å². The molecule has 23 heavy (non-hydrogen) atoms. The number of ether oxygens (including phenoxy) is 1. The molecule has 4 nitrogen and oxygen atoms in total. The van der Waals surface area contributed by atoms with E-state index >= 15 is 0 Å². The smallest absolute Gasteiger partial charge is 0.356 e. The van der Waals surface area contributed by atoms with Crippen LogP contribution in [0.1, 0.15) is 41.0 Å². The minimum absolute atomic E-state index is 0.137. The molecule has 2 aromatic rings. The summed E-state index contributed by atoms with van der Waals surface area (Å²) >= 11 is 5.26. The van der Waals surface area contributed by atoms with Gasteiger partial charge in [0.15, 0.2) is 4.77 Å². The Morgan fingerprint density at radius 2 is 2.26 bits per heavy atom. The van der Waals surface area contributed by atoms with Crippen LogP contribution in [-0.4, -0.2) is 22.1 Å². The first kappa shape index (κ1) is 15.9. The number of hydrogen-bond acceptors (Lipinski definition) is 3. The minimum atomic E-state index is -0.592. The van der Waals surface area contributed by atoms with E-state index in [-0.39, 0.29) is 12.6 Å². The predicted molar refractivity (Wildman–Crippen MR) is 83.0 cm³/mol. The number of carbonyl (C=O) groups is 1. The SMILES string of the molecule is CCOC(=O)c1c[nH]c(=S)n1C1CCc2c(F)cc(F)cc2C1. The number of imidazole rings is 1. The third-order valence-electron chi connectivity index (χ3n) is 4.10. The number of rotatable bonds is 3. The zero-order valence-corrected chi connectivity index (χ0v) is 13.4. The van der Waals surface area contributed by atoms with Gasteiger partial charge in [-0.1, -0.05) is 0 Å². The molecular formula is C16H16F2N2O2S. The van der Waals surface area contributed by atoms with Crippen molar-refractivity contribution in [3.8, 4) is 0 Å². The molecule has 1 unspecified atom stereocenters. The lowest BCUT2D eigenvalue weighted by molar-refractivity contribution is 0.0510. The highest BCUT2D eigenvalue weighted by molar-refractivity contribution is 7.71. The summed E-state index contributed by atoms with van der Waals surface area (Å²) in [4.78, 5) is 14.9. The van der Waals surface area contributed by atoms with Gasteiger partial charge in [0, 0.05) is 18.3 Å². The predicted octanol–water partition coefficient (Wildman–Crippen LogP) is 3.73. The molecule has 1 aliphatic rings. The summed E-state index contributed by atoms with van der Waals surface area (Å²) in [6.45, 7) is 1.99. The molecule has 0 radical (unpaired) electrons. The lowest BCUT2D eigenvalue weighted by Crippen LogP contribution is -2.23. The number of nitrogens with zero attached hydrogens (tertiary/aromatic N) is 1. The largest absolute Gasteiger partial charge is 0.461 e. The van der Waals surface area contributed by atoms with Crippen LogP contribution >= 0.6 is 12.2 Å². The van der Waals surface area contributed by atoms with Crippen LogP contribution in [0.2, 0.25) is 0 Å². The molecule has 1 heterocycles. The number of halogens is 2. The Hall–Kier alpha value is -2.02. The number of nitrogens with one attached hydrogen (secondary N) is 1. The van der Waals surface area contributed by atoms with E-state index in [4.69, 9.17) is 17.0 Å². The minimum Gasteiger partial charge on any atom is -0.461 e. The Morgan fingerprint density at radius 1 is 1.48 bits per heavy atom. The quantitative estimate of drug-likeness (QED) is 0.685. The first-order chi connectivity index (χ1) is 11.0. The molecule has 0 saturated carbocycles. The van der Waals surface area contributed by atoms with Gasteiger partial charge in [-0.25, -0.2) is 13.6 Å². The molecule has 3 rings (SSSR count). The van der Waals surface area contributed by atoms with Crippen molar-refractivity contribution in [3.63, 3.8) is 0 Å². The molecule has 1 aromatic heterocycles. The normalized spacial score (nSPS) is 16.9. The summed E-state index contributed by atoms with van der Waals surface area (Å²) in [5.74, 6) is -1.57. The maximum atomic E-state index is 13.8. The molecule has 0 aliphatic heterocycles. The highest BCUT2D eigenvalue weighted by Crippen LogP contribution is 2.32. The fraction of sp³-hybridized carbons (Fsp3) is 0.375. The van der Waals surface area contributed by atoms with Crippen LogP contribution in [0.3, 0.4) is 0 Å². The summed E-state index contributed by atoms with van der Waals surface area (Å²) in [7, 11) is 0. The van der Waals surface area contributed by atoms with Crippen LogP contribution < -0.4 is 0 Å². The number of carbonyl (C=O) groups excluding carboxylic acids is 1. The zero-order chi connectivity index (χ0) is 16.6. The van der Waals surface area contributed by atoms with Crippen molar-refractivity contribution < 1.29 is 18.3 Å². The van der Waals surface area contributed by atoms with Gasteiger partial charge in [-0.3, -0.25) is 0 Å². The average molecular weight is 338 g/mol. The molecule has 7 heteroatoms. The molecule has 1 N–H and O–H groups in total. The first-order valence-corrected chi connectivity index (χ1v) is 7.86. The van der Waals surface area contributed by atoms with Crippen molar-refractivity contribution >= 4 is 18.2 Å². The van der Waals surface area contributed by atoms with Gasteiger partial charge in [0.05, 0.1) is 6.61 Å². The summed E-state index contributed by atoms with van der Waals surface area (Å²) in [6.07, 6.45) is 3.03. The standard InChI is InChI=1S/C16H16F2N2O2S/c1-2-22-15(21)14-8-19-16(23)20(14)11-3-4-12-9(6-11)5-10(17)7-13(12)18/h5,7-8,11H,2-4,6H2,1H3,(H,19,23). The average Bonchev–Trinajstić information content (AvgIpc) is 2.88. The van der Waals surface area contributed by atoms with E-state index in [9.17, 15) is 13.6 Å². The van der Waals surface area contributed by atoms with Crippen molar-refractivity contribution in [2.24, 2.45) is 0 Å². The van der Waals surface area contributed by atoms with Gasteiger partial charge in [-0.15, -0.1) is 0 Å². The second-order valence-electron chi connectivity index (χ2n) is 5.49. The third kappa shape index (κ3) is 2.93. The van der Waals surface area contributed by atoms with Crippen molar-refractivity contribution in [2.75, 3.05) is 6.61 Å². The van der Waals surface area contributed by atoms with Gasteiger partial charge in [0.1, 0.15) is 17.3 Å². The molecule has 122 valence electrons. The lowest BCUT2D eigenvalue weighted by Gasteiger charge is -2.27. The molecule has 1 atom stereocenters. The van der Waals surface area contributed by atoms with E-state index in [0.29, 0.717) is 40.9 Å². The maximum absolute atomic E-state index is 13.8. The molecule has 1 aliphatic carbocycles. The van der Waals surface area contributed by atoms with Gasteiger partial charge in [0.25, 0.3) is 0 Å². The van der Waals surface area contributed by atoms with Crippen LogP contribution in [0, 0.1) is 16.4 Å². The Morgan fingerprint density at radius 3 is 3.00 bits per heavy atom. The number of aromatic nitrogens is 2. The van der Waals surface area contributed by atoms with E-state index in [1.807, 2.05) is 0 Å². The van der Waals surface area contributed by atoms with Crippen LogP contribution in [0.5, 0.6) is 0 Å². The Kier molecular flexibility index (Phi) is 4.30. The number of H-pyrrole nitrogens is 1. The number of benzene rings is 1. The van der Waals surface area contributed by atoms with E-state index in [1.54, 1.807) is 11.5 Å². The summed E-state index contributed by atoms with van der Waals surface area (Å²) in [5.41, 5.74) is 1.50. The Bertz CT molecular complexity index is 813. The van der Waals surface area contributed by atoms with Crippen molar-refractivity contribution in [3.05, 3.63) is 51.6 Å². The Labute approximate surface area is 137 Å². The van der Waals surface area contributed by atoms with Crippen LogP contribution in [-0.2, 0) is 17.6 Å². The molecular weight excluding hydrogens is 322 g/mol. The zero-order valence-electron chi connectivity index (χ0n) is 12.6. The highest BCUT2D eigenvalue weighted by Gasteiger charge is 2.27. The maximum Gasteiger partial charge on any atom is 0.356 e. The highest BCUT2D eigenvalue weighted by atomic mass is 32.1. The molecule has 0 spiro atoms. The second-order valence-corrected chi connectivity index (χ2v) is 5.88. The molecule has 1 aromatic carbocycles. The van der Waals surface area contributed by atoms with Crippen LogP contribution in [0.4, 0.5) is 8.78 Å². The van der Waals surface area contributed by atoms with E-state index < -0.39 is 17.6 Å². The summed E-state index contributed by atoms with van der Waals surface area (Å²) in [6, 6.07) is 2.12. The molecule has 0 amide bonds. The number of esters is 1. The monoisotopic (exact) mass is 338 g/mol. The summed E-state index contributed by atoms with van der Waals surface area (Å²) < 4.78 is 34.4. The number of hydrogen-bond donors (Lipinski definition) is 1. The lowest BCUT2D eigenvalue weighted by atomic mass is 9.87. The van der Waals surface area contributed by atoms with E-state index in [0.717, 1.165) is 6.07 Å². The molecule has 0 fully saturated rings. The number of aromatic amines is 1. The summed E-state index contributed by atoms with van der Waals surface area (Å²) in [5, 5.41) is 0. The van der Waals surface area contributed by atoms with Crippen LogP contribution in [0.15, 0.2) is 18.3 Å². The molecule has 0 saturated heterocycles. The van der Waals surface area contributed by atoms with Crippen molar-refractivity contribution in [1.29, 1.82) is 0 Å². The third-order valence-corrected chi connectivity index (χ3v) is 4.41. The topological polar surface area (TPSA) is 47.0 Å². The van der Waals surface area contributed by atoms with E-state index in [2.05, 4.69) is 4.98 Å². The fourth-order valence-corrected chi connectivity index (χ4v) is 3.42. The molecule has 0 bridgehead atoms. The Balaban J connectivity index is 1.97. The van der Waals surface area contributed by atoms with Crippen LogP contribution in [0.25, 0.3) is 0 Å². The van der Waals surface area contributed by atoms with Gasteiger partial charge in [-0.2, -0.15) is 0 Å². The number of fused-ring (bicyclic) bond motifs is 1. The van der Waals surface area contributed by atoms with Gasteiger partial charge in [0.2, 0.25) is 0 Å². The van der Waals surface area contributed by atoms with E-state index in [1.165, 1.54) is 12.3 Å². The fourth-order valence-electron chi connectivity index (χ4n) is 3.11. The van der Waals surface area contributed by atoms with Crippen molar-refractivity contribution in [1.82, 2.24) is 9.55 Å². The van der Waals surface area contributed by atoms with Gasteiger partial charge in [-0.05, 0) is 55.6 Å². The second kappa shape index (κ2) is 6.23. The first-order valence-electron chi connectivity index (χ1n) is 7.45.